The highest BCUT2D eigenvalue weighted by Crippen LogP contribution is 2.19. The molecule has 0 bridgehead atoms. The van der Waals surface area contributed by atoms with Gasteiger partial charge in [0.15, 0.2) is 0 Å². The van der Waals surface area contributed by atoms with E-state index < -0.39 is 0 Å². The fourth-order valence-corrected chi connectivity index (χ4v) is 0.996. The molecule has 0 fully saturated rings. The minimum absolute atomic E-state index is 0.243. The summed E-state index contributed by atoms with van der Waals surface area (Å²) in [5.41, 5.74) is 0. The van der Waals surface area contributed by atoms with Crippen LogP contribution >= 0.6 is 0 Å². The van der Waals surface area contributed by atoms with Gasteiger partial charge in [0, 0.05) is 5.92 Å². The number of rotatable bonds is 4. The SMILES string of the molecule is CC(=O)C(C)CC(C)C(C)C. The number of carbonyl (C=O) groups is 1. The number of carbonyl (C=O) groups excluding carboxylic acids is 1. The van der Waals surface area contributed by atoms with Crippen molar-refractivity contribution < 1.29 is 4.79 Å². The van der Waals surface area contributed by atoms with Crippen molar-refractivity contribution in [3.05, 3.63) is 0 Å². The highest BCUT2D eigenvalue weighted by molar-refractivity contribution is 5.77. The number of hydrogen-bond acceptors (Lipinski definition) is 1. The van der Waals surface area contributed by atoms with E-state index in [1.165, 1.54) is 0 Å². The molecule has 2 atom stereocenters. The van der Waals surface area contributed by atoms with Crippen molar-refractivity contribution in [3.63, 3.8) is 0 Å². The van der Waals surface area contributed by atoms with Crippen LogP contribution in [0.4, 0.5) is 0 Å². The van der Waals surface area contributed by atoms with Crippen molar-refractivity contribution >= 4 is 5.78 Å². The first-order chi connectivity index (χ1) is 4.95. The van der Waals surface area contributed by atoms with Crippen LogP contribution in [-0.4, -0.2) is 5.78 Å². The molecule has 0 amide bonds. The molecule has 1 heteroatoms. The summed E-state index contributed by atoms with van der Waals surface area (Å²) >= 11 is 0. The molecule has 0 spiro atoms. The molecule has 0 aliphatic rings. The monoisotopic (exact) mass is 156 g/mol. The lowest BCUT2D eigenvalue weighted by molar-refractivity contribution is -0.120. The van der Waals surface area contributed by atoms with Crippen LogP contribution in [0.15, 0.2) is 0 Å². The Bertz CT molecular complexity index is 127. The van der Waals surface area contributed by atoms with Gasteiger partial charge < -0.3 is 0 Å². The molecule has 0 heterocycles. The van der Waals surface area contributed by atoms with Gasteiger partial charge in [0.05, 0.1) is 0 Å². The molecule has 0 saturated carbocycles. The third-order valence-electron chi connectivity index (χ3n) is 2.56. The summed E-state index contributed by atoms with van der Waals surface area (Å²) in [5.74, 6) is 1.91. The summed E-state index contributed by atoms with van der Waals surface area (Å²) in [6.45, 7) is 10.3. The fourth-order valence-electron chi connectivity index (χ4n) is 0.996. The Kier molecular flexibility index (Phi) is 4.39. The molecule has 11 heavy (non-hydrogen) atoms. The lowest BCUT2D eigenvalue weighted by Gasteiger charge is -2.18. The van der Waals surface area contributed by atoms with E-state index in [2.05, 4.69) is 20.8 Å². The topological polar surface area (TPSA) is 17.1 Å². The van der Waals surface area contributed by atoms with Gasteiger partial charge in [-0.1, -0.05) is 27.7 Å². The largest absolute Gasteiger partial charge is 0.300 e. The second kappa shape index (κ2) is 4.53. The van der Waals surface area contributed by atoms with Gasteiger partial charge in [-0.3, -0.25) is 4.79 Å². The Morgan fingerprint density at radius 3 is 1.91 bits per heavy atom. The minimum atomic E-state index is 0.243. The summed E-state index contributed by atoms with van der Waals surface area (Å²) in [7, 11) is 0. The van der Waals surface area contributed by atoms with E-state index in [0.717, 1.165) is 6.42 Å². The van der Waals surface area contributed by atoms with Crippen LogP contribution in [0.2, 0.25) is 0 Å². The van der Waals surface area contributed by atoms with E-state index in [-0.39, 0.29) is 5.92 Å². The fraction of sp³-hybridized carbons (Fsp3) is 0.900. The zero-order valence-corrected chi connectivity index (χ0v) is 8.35. The average Bonchev–Trinajstić information content (AvgIpc) is 1.87. The van der Waals surface area contributed by atoms with E-state index in [1.807, 2.05) is 6.92 Å². The van der Waals surface area contributed by atoms with Gasteiger partial charge in [0.1, 0.15) is 5.78 Å². The predicted octanol–water partition coefficient (Wildman–Crippen LogP) is 2.89. The van der Waals surface area contributed by atoms with Crippen molar-refractivity contribution in [3.8, 4) is 0 Å². The first-order valence-electron chi connectivity index (χ1n) is 4.45. The van der Waals surface area contributed by atoms with Gasteiger partial charge in [0.2, 0.25) is 0 Å². The predicted molar refractivity (Wildman–Crippen MR) is 48.5 cm³/mol. The summed E-state index contributed by atoms with van der Waals surface area (Å²) in [5, 5.41) is 0. The van der Waals surface area contributed by atoms with Gasteiger partial charge in [-0.05, 0) is 25.2 Å². The van der Waals surface area contributed by atoms with Crippen LogP contribution in [0.25, 0.3) is 0 Å². The van der Waals surface area contributed by atoms with Crippen molar-refractivity contribution in [2.45, 2.75) is 41.0 Å². The zero-order chi connectivity index (χ0) is 9.02. The maximum atomic E-state index is 10.9. The Balaban J connectivity index is 3.75. The molecular weight excluding hydrogens is 136 g/mol. The van der Waals surface area contributed by atoms with Gasteiger partial charge >= 0.3 is 0 Å². The Morgan fingerprint density at radius 1 is 1.18 bits per heavy atom. The normalized spacial score (nSPS) is 16.5. The van der Waals surface area contributed by atoms with Crippen molar-refractivity contribution in [1.29, 1.82) is 0 Å². The standard InChI is InChI=1S/C10H20O/c1-7(2)8(3)6-9(4)10(5)11/h7-9H,6H2,1-5H3. The second-order valence-electron chi connectivity index (χ2n) is 3.97. The van der Waals surface area contributed by atoms with Crippen molar-refractivity contribution in [1.82, 2.24) is 0 Å². The maximum Gasteiger partial charge on any atom is 0.132 e. The van der Waals surface area contributed by atoms with Gasteiger partial charge in [-0.15, -0.1) is 0 Å². The van der Waals surface area contributed by atoms with Crippen molar-refractivity contribution in [2.75, 3.05) is 0 Å². The van der Waals surface area contributed by atoms with E-state index in [9.17, 15) is 4.79 Å². The van der Waals surface area contributed by atoms with Crippen molar-refractivity contribution in [2.24, 2.45) is 17.8 Å². The molecule has 0 aromatic heterocycles. The quantitative estimate of drug-likeness (QED) is 0.611. The van der Waals surface area contributed by atoms with E-state index in [0.29, 0.717) is 17.6 Å². The molecule has 1 nitrogen and oxygen atoms in total. The van der Waals surface area contributed by atoms with E-state index in [4.69, 9.17) is 0 Å². The molecule has 66 valence electrons. The summed E-state index contributed by atoms with van der Waals surface area (Å²) in [4.78, 5) is 10.9. The highest BCUT2D eigenvalue weighted by atomic mass is 16.1. The second-order valence-corrected chi connectivity index (χ2v) is 3.97. The third kappa shape index (κ3) is 4.18. The smallest absolute Gasteiger partial charge is 0.132 e. The summed E-state index contributed by atoms with van der Waals surface area (Å²) in [6.07, 6.45) is 1.03. The van der Waals surface area contributed by atoms with Crippen LogP contribution in [-0.2, 0) is 4.79 Å². The molecule has 2 unspecified atom stereocenters. The molecule has 0 aliphatic heterocycles. The molecule has 0 saturated heterocycles. The zero-order valence-electron chi connectivity index (χ0n) is 8.35. The van der Waals surface area contributed by atoms with E-state index >= 15 is 0 Å². The maximum absolute atomic E-state index is 10.9. The Morgan fingerprint density at radius 2 is 1.64 bits per heavy atom. The van der Waals surface area contributed by atoms with Gasteiger partial charge in [-0.25, -0.2) is 0 Å². The molecule has 0 radical (unpaired) electrons. The van der Waals surface area contributed by atoms with Gasteiger partial charge in [0.25, 0.3) is 0 Å². The molecule has 0 rings (SSSR count). The van der Waals surface area contributed by atoms with Crippen LogP contribution in [0.1, 0.15) is 41.0 Å². The summed E-state index contributed by atoms with van der Waals surface area (Å²) in [6, 6.07) is 0. The van der Waals surface area contributed by atoms with E-state index in [1.54, 1.807) is 6.92 Å². The molecule has 0 N–H and O–H groups in total. The third-order valence-corrected chi connectivity index (χ3v) is 2.56. The first kappa shape index (κ1) is 10.7. The number of hydrogen-bond donors (Lipinski definition) is 0. The average molecular weight is 156 g/mol. The molecular formula is C10H20O. The molecule has 0 aliphatic carbocycles. The van der Waals surface area contributed by atoms with Crippen LogP contribution in [0.5, 0.6) is 0 Å². The number of ketones is 1. The Labute approximate surface area is 70.2 Å². The summed E-state index contributed by atoms with van der Waals surface area (Å²) < 4.78 is 0. The van der Waals surface area contributed by atoms with Crippen LogP contribution in [0.3, 0.4) is 0 Å². The van der Waals surface area contributed by atoms with Crippen LogP contribution in [0, 0.1) is 17.8 Å². The lowest BCUT2D eigenvalue weighted by atomic mass is 9.87. The van der Waals surface area contributed by atoms with Gasteiger partial charge in [-0.2, -0.15) is 0 Å². The first-order valence-corrected chi connectivity index (χ1v) is 4.45. The lowest BCUT2D eigenvalue weighted by Crippen LogP contribution is -2.14. The molecule has 0 aromatic rings. The number of Topliss-reactive ketones (excluding diaryl/α,β-unsaturated/α-hetero) is 1. The Hall–Kier alpha value is -0.330. The minimum Gasteiger partial charge on any atom is -0.300 e. The highest BCUT2D eigenvalue weighted by Gasteiger charge is 2.14. The van der Waals surface area contributed by atoms with Crippen LogP contribution < -0.4 is 0 Å². The molecule has 0 aromatic carbocycles.